The van der Waals surface area contributed by atoms with Gasteiger partial charge in [0.05, 0.1) is 18.1 Å². The first-order valence-electron chi connectivity index (χ1n) is 5.75. The van der Waals surface area contributed by atoms with Gasteiger partial charge in [0.15, 0.2) is 0 Å². The molecule has 0 bridgehead atoms. The first kappa shape index (κ1) is 13.7. The SMILES string of the molecule is CCOCC[S@](=O)Cc1cn2cc(Br)ccc2n1. The Morgan fingerprint density at radius 1 is 1.44 bits per heavy atom. The van der Waals surface area contributed by atoms with Gasteiger partial charge in [-0.25, -0.2) is 4.98 Å². The molecule has 2 heterocycles. The molecule has 1 atom stereocenters. The lowest BCUT2D eigenvalue weighted by atomic mass is 10.5. The number of nitrogens with zero attached hydrogens (tertiary/aromatic N) is 2. The van der Waals surface area contributed by atoms with Crippen molar-refractivity contribution in [3.8, 4) is 0 Å². The first-order valence-corrected chi connectivity index (χ1v) is 8.03. The third-order valence-corrected chi connectivity index (χ3v) is 4.14. The summed E-state index contributed by atoms with van der Waals surface area (Å²) in [5.74, 6) is 1.04. The number of pyridine rings is 1. The second-order valence-corrected chi connectivity index (χ2v) is 6.32. The van der Waals surface area contributed by atoms with E-state index in [9.17, 15) is 4.21 Å². The van der Waals surface area contributed by atoms with Gasteiger partial charge in [-0.2, -0.15) is 0 Å². The standard InChI is InChI=1S/C12H15BrN2O2S/c1-2-17-5-6-18(16)9-11-8-15-7-10(13)3-4-12(15)14-11/h3-4,7-8H,2,5-6,9H2,1H3/t18-/m0/s1. The number of imidazole rings is 1. The van der Waals surface area contributed by atoms with Gasteiger partial charge in [-0.05, 0) is 35.0 Å². The van der Waals surface area contributed by atoms with Crippen LogP contribution in [-0.4, -0.2) is 32.6 Å². The van der Waals surface area contributed by atoms with Gasteiger partial charge in [0.1, 0.15) is 5.65 Å². The quantitative estimate of drug-likeness (QED) is 0.764. The largest absolute Gasteiger partial charge is 0.381 e. The highest BCUT2D eigenvalue weighted by Crippen LogP contribution is 2.13. The summed E-state index contributed by atoms with van der Waals surface area (Å²) in [7, 11) is -0.917. The average Bonchev–Trinajstić information content (AvgIpc) is 2.70. The molecule has 0 amide bonds. The fourth-order valence-corrected chi connectivity index (χ4v) is 2.89. The van der Waals surface area contributed by atoms with Crippen molar-refractivity contribution in [2.24, 2.45) is 0 Å². The number of aromatic nitrogens is 2. The van der Waals surface area contributed by atoms with Crippen LogP contribution in [0.25, 0.3) is 5.65 Å². The van der Waals surface area contributed by atoms with E-state index in [1.165, 1.54) is 0 Å². The zero-order valence-electron chi connectivity index (χ0n) is 10.1. The van der Waals surface area contributed by atoms with Crippen molar-refractivity contribution >= 4 is 32.4 Å². The molecule has 18 heavy (non-hydrogen) atoms. The molecule has 2 aromatic rings. The van der Waals surface area contributed by atoms with Crippen molar-refractivity contribution in [2.45, 2.75) is 12.7 Å². The van der Waals surface area contributed by atoms with Crippen LogP contribution < -0.4 is 0 Å². The predicted octanol–water partition coefficient (Wildman–Crippen LogP) is 2.38. The summed E-state index contributed by atoms with van der Waals surface area (Å²) >= 11 is 3.41. The lowest BCUT2D eigenvalue weighted by Crippen LogP contribution is -2.08. The van der Waals surface area contributed by atoms with Crippen LogP contribution in [0.4, 0.5) is 0 Å². The summed E-state index contributed by atoms with van der Waals surface area (Å²) in [4.78, 5) is 4.43. The van der Waals surface area contributed by atoms with Crippen molar-refractivity contribution in [3.63, 3.8) is 0 Å². The number of rotatable bonds is 6. The van der Waals surface area contributed by atoms with E-state index in [0.717, 1.165) is 15.8 Å². The summed E-state index contributed by atoms with van der Waals surface area (Å²) in [6.07, 6.45) is 3.85. The Morgan fingerprint density at radius 3 is 3.06 bits per heavy atom. The molecule has 4 nitrogen and oxygen atoms in total. The molecule has 0 radical (unpaired) electrons. The lowest BCUT2D eigenvalue weighted by Gasteiger charge is -2.00. The third kappa shape index (κ3) is 3.63. The molecular formula is C12H15BrN2O2S. The zero-order chi connectivity index (χ0) is 13.0. The van der Waals surface area contributed by atoms with Gasteiger partial charge in [0.2, 0.25) is 0 Å². The van der Waals surface area contributed by atoms with Crippen molar-refractivity contribution in [2.75, 3.05) is 19.0 Å². The fraction of sp³-hybridized carbons (Fsp3) is 0.417. The van der Waals surface area contributed by atoms with Gasteiger partial charge in [-0.3, -0.25) is 4.21 Å². The fourth-order valence-electron chi connectivity index (χ4n) is 1.62. The van der Waals surface area contributed by atoms with Gasteiger partial charge >= 0.3 is 0 Å². The maximum Gasteiger partial charge on any atom is 0.137 e. The van der Waals surface area contributed by atoms with Gasteiger partial charge < -0.3 is 9.14 Å². The van der Waals surface area contributed by atoms with Gasteiger partial charge in [0.25, 0.3) is 0 Å². The van der Waals surface area contributed by atoms with E-state index in [1.54, 1.807) is 0 Å². The molecule has 2 rings (SSSR count). The smallest absolute Gasteiger partial charge is 0.137 e. The predicted molar refractivity (Wildman–Crippen MR) is 76.1 cm³/mol. The van der Waals surface area contributed by atoms with Crippen LogP contribution in [0.3, 0.4) is 0 Å². The van der Waals surface area contributed by atoms with Crippen molar-refractivity contribution in [1.29, 1.82) is 0 Å². The van der Waals surface area contributed by atoms with Crippen molar-refractivity contribution in [3.05, 3.63) is 34.7 Å². The minimum atomic E-state index is -0.917. The molecule has 0 fully saturated rings. The van der Waals surface area contributed by atoms with Crippen LogP contribution in [0.2, 0.25) is 0 Å². The van der Waals surface area contributed by atoms with E-state index in [0.29, 0.717) is 24.7 Å². The van der Waals surface area contributed by atoms with Crippen LogP contribution in [0, 0.1) is 0 Å². The Kier molecular flexibility index (Phi) is 4.91. The zero-order valence-corrected chi connectivity index (χ0v) is 12.5. The van der Waals surface area contributed by atoms with E-state index < -0.39 is 10.8 Å². The van der Waals surface area contributed by atoms with E-state index in [1.807, 2.05) is 35.9 Å². The van der Waals surface area contributed by atoms with Crippen LogP contribution in [0.15, 0.2) is 29.0 Å². The number of ether oxygens (including phenoxy) is 1. The normalized spacial score (nSPS) is 13.0. The van der Waals surface area contributed by atoms with Crippen LogP contribution in [-0.2, 0) is 21.3 Å². The molecule has 6 heteroatoms. The van der Waals surface area contributed by atoms with Crippen LogP contribution in [0.5, 0.6) is 0 Å². The summed E-state index contributed by atoms with van der Waals surface area (Å²) in [6, 6.07) is 3.87. The number of hydrogen-bond donors (Lipinski definition) is 0. The molecule has 98 valence electrons. The first-order chi connectivity index (χ1) is 8.69. The van der Waals surface area contributed by atoms with Crippen molar-refractivity contribution in [1.82, 2.24) is 9.38 Å². The summed E-state index contributed by atoms with van der Waals surface area (Å²) in [5, 5.41) is 0. The summed E-state index contributed by atoms with van der Waals surface area (Å²) in [6.45, 7) is 3.14. The number of halogens is 1. The number of hydrogen-bond acceptors (Lipinski definition) is 3. The Labute approximate surface area is 117 Å². The van der Waals surface area contributed by atoms with Crippen LogP contribution >= 0.6 is 15.9 Å². The third-order valence-electron chi connectivity index (χ3n) is 2.43. The molecule has 0 N–H and O–H groups in total. The second-order valence-electron chi connectivity index (χ2n) is 3.83. The monoisotopic (exact) mass is 330 g/mol. The van der Waals surface area contributed by atoms with Crippen LogP contribution in [0.1, 0.15) is 12.6 Å². The summed E-state index contributed by atoms with van der Waals surface area (Å²) < 4.78 is 19.9. The Hall–Kier alpha value is -0.720. The van der Waals surface area contributed by atoms with E-state index in [-0.39, 0.29) is 0 Å². The van der Waals surface area contributed by atoms with Gasteiger partial charge in [0, 0.05) is 40.0 Å². The highest BCUT2D eigenvalue weighted by molar-refractivity contribution is 9.10. The molecule has 0 aromatic carbocycles. The lowest BCUT2D eigenvalue weighted by molar-refractivity contribution is 0.164. The molecule has 2 aromatic heterocycles. The number of fused-ring (bicyclic) bond motifs is 1. The highest BCUT2D eigenvalue weighted by Gasteiger charge is 2.06. The molecule has 0 spiro atoms. The van der Waals surface area contributed by atoms with Crippen molar-refractivity contribution < 1.29 is 8.95 Å². The molecule has 0 aliphatic rings. The Balaban J connectivity index is 2.01. The van der Waals surface area contributed by atoms with E-state index in [4.69, 9.17) is 4.74 Å². The Morgan fingerprint density at radius 2 is 2.28 bits per heavy atom. The maximum atomic E-state index is 11.8. The van der Waals surface area contributed by atoms with Gasteiger partial charge in [-0.1, -0.05) is 0 Å². The minimum absolute atomic E-state index is 0.479. The molecule has 0 aliphatic carbocycles. The molecule has 0 aliphatic heterocycles. The van der Waals surface area contributed by atoms with Gasteiger partial charge in [-0.15, -0.1) is 0 Å². The highest BCUT2D eigenvalue weighted by atomic mass is 79.9. The molecule has 0 saturated carbocycles. The molecule has 0 saturated heterocycles. The molecule has 0 unspecified atom stereocenters. The maximum absolute atomic E-state index is 11.8. The van der Waals surface area contributed by atoms with E-state index in [2.05, 4.69) is 20.9 Å². The Bertz CT molecular complexity index is 556. The average molecular weight is 331 g/mol. The summed E-state index contributed by atoms with van der Waals surface area (Å²) in [5.41, 5.74) is 1.72. The topological polar surface area (TPSA) is 43.6 Å². The van der Waals surface area contributed by atoms with E-state index >= 15 is 0 Å². The minimum Gasteiger partial charge on any atom is -0.381 e. The molecular weight excluding hydrogens is 316 g/mol. The second kappa shape index (κ2) is 6.45.